The lowest BCUT2D eigenvalue weighted by Gasteiger charge is -2.32. The molecular weight excluding hydrogens is 312 g/mol. The highest BCUT2D eigenvalue weighted by atomic mass is 15.2. The van der Waals surface area contributed by atoms with Gasteiger partial charge < -0.3 is 21.4 Å². The monoisotopic (exact) mass is 338 g/mol. The highest BCUT2D eigenvalue weighted by molar-refractivity contribution is 6.01. The van der Waals surface area contributed by atoms with Crippen LogP contribution in [0, 0.1) is 5.41 Å². The molecule has 1 saturated heterocycles. The molecule has 0 spiro atoms. The Bertz CT molecular complexity index is 732. The number of nitrogen functional groups attached to an aromatic ring is 1. The molecule has 4 N–H and O–H groups in total. The van der Waals surface area contributed by atoms with Crippen molar-refractivity contribution in [3.05, 3.63) is 47.7 Å². The van der Waals surface area contributed by atoms with Crippen LogP contribution in [0.1, 0.15) is 18.1 Å². The van der Waals surface area contributed by atoms with Gasteiger partial charge in [0.15, 0.2) is 0 Å². The topological polar surface area (TPSA) is 81.3 Å². The zero-order valence-corrected chi connectivity index (χ0v) is 14.9. The minimum absolute atomic E-state index is 0.389. The van der Waals surface area contributed by atoms with Gasteiger partial charge in [-0.15, -0.1) is 0 Å². The molecule has 1 aliphatic heterocycles. The Hall–Kier alpha value is -2.44. The van der Waals surface area contributed by atoms with E-state index in [9.17, 15) is 0 Å². The minimum atomic E-state index is 0.389. The normalized spacial score (nSPS) is 15.9. The van der Waals surface area contributed by atoms with Gasteiger partial charge in [0.25, 0.3) is 0 Å². The van der Waals surface area contributed by atoms with E-state index in [2.05, 4.69) is 51.4 Å². The Morgan fingerprint density at radius 1 is 1.16 bits per heavy atom. The fourth-order valence-electron chi connectivity index (χ4n) is 2.97. The molecule has 1 aromatic carbocycles. The number of hydrogen-bond donors (Lipinski definition) is 3. The van der Waals surface area contributed by atoms with Crippen molar-refractivity contribution in [2.75, 3.05) is 44.3 Å². The van der Waals surface area contributed by atoms with Crippen molar-refractivity contribution in [3.63, 3.8) is 0 Å². The number of nitrogens with zero attached hydrogens (tertiary/aromatic N) is 3. The van der Waals surface area contributed by atoms with Gasteiger partial charge in [0.05, 0.1) is 11.9 Å². The second-order valence-electron chi connectivity index (χ2n) is 6.68. The molecule has 1 aliphatic rings. The summed E-state index contributed by atoms with van der Waals surface area (Å²) >= 11 is 0. The van der Waals surface area contributed by atoms with Crippen LogP contribution in [0.4, 0.5) is 17.2 Å². The van der Waals surface area contributed by atoms with E-state index in [4.69, 9.17) is 11.1 Å². The predicted molar refractivity (Wildman–Crippen MR) is 104 cm³/mol. The van der Waals surface area contributed by atoms with Crippen molar-refractivity contribution in [3.8, 4) is 0 Å². The number of benzene rings is 1. The summed E-state index contributed by atoms with van der Waals surface area (Å²) in [5, 5.41) is 11.1. The molecule has 2 heterocycles. The third kappa shape index (κ3) is 4.55. The number of hydrogen-bond acceptors (Lipinski definition) is 6. The van der Waals surface area contributed by atoms with Crippen molar-refractivity contribution in [1.29, 1.82) is 5.41 Å². The number of rotatable bonds is 5. The summed E-state index contributed by atoms with van der Waals surface area (Å²) in [4.78, 5) is 9.02. The second-order valence-corrected chi connectivity index (χ2v) is 6.68. The van der Waals surface area contributed by atoms with E-state index in [0.717, 1.165) is 44.1 Å². The largest absolute Gasteiger partial charge is 0.383 e. The Kier molecular flexibility index (Phi) is 5.31. The molecule has 0 unspecified atom stereocenters. The van der Waals surface area contributed by atoms with Gasteiger partial charge >= 0.3 is 0 Å². The maximum absolute atomic E-state index is 7.76. The van der Waals surface area contributed by atoms with Gasteiger partial charge in [0.1, 0.15) is 5.82 Å². The summed E-state index contributed by atoms with van der Waals surface area (Å²) in [6.45, 7) is 7.23. The van der Waals surface area contributed by atoms with Crippen molar-refractivity contribution in [1.82, 2.24) is 14.8 Å². The van der Waals surface area contributed by atoms with Crippen molar-refractivity contribution < 1.29 is 0 Å². The maximum atomic E-state index is 7.76. The number of nitrogens with one attached hydrogen (secondary N) is 2. The number of anilines is 3. The van der Waals surface area contributed by atoms with Crippen LogP contribution in [0.15, 0.2) is 36.5 Å². The number of pyridine rings is 1. The molecule has 0 bridgehead atoms. The van der Waals surface area contributed by atoms with Crippen LogP contribution >= 0.6 is 0 Å². The summed E-state index contributed by atoms with van der Waals surface area (Å²) in [6, 6.07) is 10.3. The standard InChI is InChI=1S/C19H26N6/c1-14(20)18-11-17(12-22-19(18)21)23-16-5-3-15(4-6-16)13-25-9-7-24(2)8-10-25/h3-6,11-12,20,23H,7-10,13H2,1-2H3,(H2,21,22). The molecule has 3 rings (SSSR count). The van der Waals surface area contributed by atoms with Crippen LogP contribution in [0.5, 0.6) is 0 Å². The molecule has 2 aromatic rings. The van der Waals surface area contributed by atoms with Crippen molar-refractivity contribution in [2.24, 2.45) is 0 Å². The fourth-order valence-corrected chi connectivity index (χ4v) is 2.97. The lowest BCUT2D eigenvalue weighted by atomic mass is 10.1. The zero-order chi connectivity index (χ0) is 17.8. The summed E-state index contributed by atoms with van der Waals surface area (Å²) in [5.74, 6) is 0.389. The Morgan fingerprint density at radius 2 is 1.84 bits per heavy atom. The summed E-state index contributed by atoms with van der Waals surface area (Å²) < 4.78 is 0. The quantitative estimate of drug-likeness (QED) is 0.730. The van der Waals surface area contributed by atoms with Gasteiger partial charge in [0.2, 0.25) is 0 Å². The molecule has 0 amide bonds. The van der Waals surface area contributed by atoms with Crippen LogP contribution in [-0.4, -0.2) is 53.7 Å². The van der Waals surface area contributed by atoms with E-state index >= 15 is 0 Å². The van der Waals surface area contributed by atoms with Crippen molar-refractivity contribution in [2.45, 2.75) is 13.5 Å². The Balaban J connectivity index is 1.63. The van der Waals surface area contributed by atoms with E-state index in [1.165, 1.54) is 5.56 Å². The van der Waals surface area contributed by atoms with Crippen LogP contribution in [0.3, 0.4) is 0 Å². The SMILES string of the molecule is CC(=N)c1cc(Nc2ccc(CN3CCN(C)CC3)cc2)cnc1N. The molecule has 0 saturated carbocycles. The minimum Gasteiger partial charge on any atom is -0.383 e. The van der Waals surface area contributed by atoms with Crippen LogP contribution < -0.4 is 11.1 Å². The Morgan fingerprint density at radius 3 is 2.48 bits per heavy atom. The maximum Gasteiger partial charge on any atom is 0.132 e. The first kappa shape index (κ1) is 17.4. The van der Waals surface area contributed by atoms with Crippen LogP contribution in [-0.2, 0) is 6.54 Å². The molecular formula is C19H26N6. The van der Waals surface area contributed by atoms with E-state index in [-0.39, 0.29) is 0 Å². The first-order chi connectivity index (χ1) is 12.0. The first-order valence-electron chi connectivity index (χ1n) is 8.59. The molecule has 6 heteroatoms. The molecule has 6 nitrogen and oxygen atoms in total. The number of piperazine rings is 1. The van der Waals surface area contributed by atoms with Gasteiger partial charge in [-0.3, -0.25) is 4.90 Å². The summed E-state index contributed by atoms with van der Waals surface area (Å²) in [5.41, 5.74) is 10.0. The highest BCUT2D eigenvalue weighted by Crippen LogP contribution is 2.21. The molecule has 0 aliphatic carbocycles. The van der Waals surface area contributed by atoms with Crippen molar-refractivity contribution >= 4 is 22.9 Å². The van der Waals surface area contributed by atoms with Gasteiger partial charge in [-0.05, 0) is 37.7 Å². The fraction of sp³-hybridized carbons (Fsp3) is 0.368. The summed E-state index contributed by atoms with van der Waals surface area (Å²) in [6.07, 6.45) is 1.69. The van der Waals surface area contributed by atoms with Gasteiger partial charge in [0, 0.05) is 49.7 Å². The molecule has 1 fully saturated rings. The third-order valence-corrected chi connectivity index (χ3v) is 4.57. The number of aromatic nitrogens is 1. The van der Waals surface area contributed by atoms with Crippen LogP contribution in [0.2, 0.25) is 0 Å². The Labute approximate surface area is 149 Å². The van der Waals surface area contributed by atoms with E-state index in [1.807, 2.05) is 6.07 Å². The first-order valence-corrected chi connectivity index (χ1v) is 8.59. The highest BCUT2D eigenvalue weighted by Gasteiger charge is 2.13. The molecule has 25 heavy (non-hydrogen) atoms. The summed E-state index contributed by atoms with van der Waals surface area (Å²) in [7, 11) is 2.18. The lowest BCUT2D eigenvalue weighted by molar-refractivity contribution is 0.148. The average molecular weight is 338 g/mol. The lowest BCUT2D eigenvalue weighted by Crippen LogP contribution is -2.43. The average Bonchev–Trinajstić information content (AvgIpc) is 2.60. The van der Waals surface area contributed by atoms with E-state index < -0.39 is 0 Å². The number of nitrogens with two attached hydrogens (primary N) is 1. The smallest absolute Gasteiger partial charge is 0.132 e. The molecule has 1 aromatic heterocycles. The molecule has 132 valence electrons. The zero-order valence-electron chi connectivity index (χ0n) is 14.9. The van der Waals surface area contributed by atoms with Crippen LogP contribution in [0.25, 0.3) is 0 Å². The van der Waals surface area contributed by atoms with Gasteiger partial charge in [-0.1, -0.05) is 12.1 Å². The number of likely N-dealkylation sites (N-methyl/N-ethyl adjacent to an activating group) is 1. The van der Waals surface area contributed by atoms with Gasteiger partial charge in [-0.2, -0.15) is 0 Å². The van der Waals surface area contributed by atoms with Gasteiger partial charge in [-0.25, -0.2) is 4.98 Å². The third-order valence-electron chi connectivity index (χ3n) is 4.57. The second kappa shape index (κ2) is 7.63. The van der Waals surface area contributed by atoms with E-state index in [1.54, 1.807) is 13.1 Å². The predicted octanol–water partition coefficient (Wildman–Crippen LogP) is 2.54. The molecule has 0 radical (unpaired) electrons. The van der Waals surface area contributed by atoms with E-state index in [0.29, 0.717) is 17.1 Å². The molecule has 0 atom stereocenters.